The topological polar surface area (TPSA) is 84.9 Å². The summed E-state index contributed by atoms with van der Waals surface area (Å²) in [6.07, 6.45) is 2.61. The molecule has 0 aromatic heterocycles. The van der Waals surface area contributed by atoms with E-state index < -0.39 is 12.0 Å². The normalized spacial score (nSPS) is 26.8. The molecule has 0 spiro atoms. The van der Waals surface area contributed by atoms with Crippen LogP contribution in [-0.2, 0) is 14.3 Å². The van der Waals surface area contributed by atoms with Gasteiger partial charge >= 0.3 is 5.97 Å². The summed E-state index contributed by atoms with van der Waals surface area (Å²) in [4.78, 5) is 24.0. The molecule has 0 saturated carbocycles. The highest BCUT2D eigenvalue weighted by Crippen LogP contribution is 2.39. The molecule has 2 heterocycles. The number of fused-ring (bicyclic) bond motifs is 2. The molecular weight excluding hydrogens is 366 g/mol. The van der Waals surface area contributed by atoms with Gasteiger partial charge in [0.25, 0.3) is 0 Å². The maximum absolute atomic E-state index is 12.4. The summed E-state index contributed by atoms with van der Waals surface area (Å²) in [5.41, 5.74) is 0.489. The highest BCUT2D eigenvalue weighted by molar-refractivity contribution is 9.10. The lowest BCUT2D eigenvalue weighted by Gasteiger charge is -2.22. The number of hydrogen-bond donors (Lipinski definition) is 2. The number of ether oxygens (including phenoxy) is 2. The van der Waals surface area contributed by atoms with E-state index in [1.165, 1.54) is 7.11 Å². The molecule has 1 aromatic carbocycles. The van der Waals surface area contributed by atoms with Crippen LogP contribution in [0.3, 0.4) is 0 Å². The first kappa shape index (κ1) is 16.3. The zero-order valence-electron chi connectivity index (χ0n) is 12.6. The highest BCUT2D eigenvalue weighted by atomic mass is 79.9. The quantitative estimate of drug-likeness (QED) is 0.814. The van der Waals surface area contributed by atoms with Gasteiger partial charge in [0.05, 0.1) is 29.7 Å². The Kier molecular flexibility index (Phi) is 4.59. The number of rotatable bonds is 5. The summed E-state index contributed by atoms with van der Waals surface area (Å²) < 4.78 is 11.4. The molecule has 0 aliphatic carbocycles. The van der Waals surface area contributed by atoms with E-state index in [9.17, 15) is 14.7 Å². The molecular formula is C16H18BrNO5. The Morgan fingerprint density at radius 1 is 1.43 bits per heavy atom. The van der Waals surface area contributed by atoms with Crippen molar-refractivity contribution in [1.82, 2.24) is 5.32 Å². The zero-order valence-corrected chi connectivity index (χ0v) is 14.2. The summed E-state index contributed by atoms with van der Waals surface area (Å²) in [6.45, 7) is 0. The van der Waals surface area contributed by atoms with Crippen LogP contribution in [0.4, 0.5) is 0 Å². The van der Waals surface area contributed by atoms with Crippen LogP contribution in [0.15, 0.2) is 22.7 Å². The molecule has 4 unspecified atom stereocenters. The van der Waals surface area contributed by atoms with Crippen molar-refractivity contribution in [3.8, 4) is 5.75 Å². The van der Waals surface area contributed by atoms with Gasteiger partial charge in [-0.25, -0.2) is 4.79 Å². The van der Waals surface area contributed by atoms with Gasteiger partial charge in [-0.3, -0.25) is 4.79 Å². The minimum atomic E-state index is -1.10. The van der Waals surface area contributed by atoms with Gasteiger partial charge in [0.2, 0.25) is 5.91 Å². The predicted molar refractivity (Wildman–Crippen MR) is 85.2 cm³/mol. The Labute approximate surface area is 142 Å². The molecule has 1 amide bonds. The minimum Gasteiger partial charge on any atom is -0.496 e. The van der Waals surface area contributed by atoms with E-state index in [4.69, 9.17) is 9.47 Å². The van der Waals surface area contributed by atoms with E-state index in [1.807, 2.05) is 0 Å². The van der Waals surface area contributed by atoms with E-state index >= 15 is 0 Å². The number of methoxy groups -OCH3 is 1. The van der Waals surface area contributed by atoms with Crippen LogP contribution in [0, 0.1) is 5.92 Å². The maximum Gasteiger partial charge on any atom is 0.330 e. The van der Waals surface area contributed by atoms with Gasteiger partial charge in [-0.2, -0.15) is 0 Å². The number of nitrogens with one attached hydrogen (secondary N) is 1. The summed E-state index contributed by atoms with van der Waals surface area (Å²) in [5.74, 6) is -1.00. The average molecular weight is 384 g/mol. The Morgan fingerprint density at radius 2 is 2.22 bits per heavy atom. The van der Waals surface area contributed by atoms with E-state index in [1.54, 1.807) is 18.2 Å². The molecule has 2 bridgehead atoms. The number of carbonyl (C=O) groups is 2. The fourth-order valence-corrected chi connectivity index (χ4v) is 3.87. The minimum absolute atomic E-state index is 0.0722. The number of benzene rings is 1. The van der Waals surface area contributed by atoms with Gasteiger partial charge < -0.3 is 19.9 Å². The summed E-state index contributed by atoms with van der Waals surface area (Å²) >= 11 is 3.33. The lowest BCUT2D eigenvalue weighted by molar-refractivity contribution is -0.143. The number of amides is 1. The predicted octanol–water partition coefficient (Wildman–Crippen LogP) is 2.27. The van der Waals surface area contributed by atoms with Gasteiger partial charge in [0.1, 0.15) is 5.75 Å². The first-order chi connectivity index (χ1) is 11.0. The standard InChI is InChI=1S/C16H18BrNO5/c1-22-13-4-2-8(6-11(13)17)14(16(20)21)18-15(19)10-7-9-3-5-12(10)23-9/h2,4,6,9-10,12,14H,3,5,7H2,1H3,(H,18,19)(H,20,21). The molecule has 2 N–H and O–H groups in total. The molecule has 3 rings (SSSR count). The third-order valence-corrected chi connectivity index (χ3v) is 5.11. The van der Waals surface area contributed by atoms with E-state index in [-0.39, 0.29) is 24.0 Å². The second-order valence-corrected chi connectivity index (χ2v) is 6.74. The van der Waals surface area contributed by atoms with Gasteiger partial charge in [-0.15, -0.1) is 0 Å². The van der Waals surface area contributed by atoms with Crippen LogP contribution in [0.25, 0.3) is 0 Å². The fourth-order valence-electron chi connectivity index (χ4n) is 3.31. The number of carbonyl (C=O) groups excluding carboxylic acids is 1. The van der Waals surface area contributed by atoms with Crippen LogP contribution in [0.1, 0.15) is 30.9 Å². The van der Waals surface area contributed by atoms with Gasteiger partial charge in [-0.05, 0) is 52.9 Å². The van der Waals surface area contributed by atoms with Gasteiger partial charge in [0.15, 0.2) is 6.04 Å². The van der Waals surface area contributed by atoms with Crippen molar-refractivity contribution in [3.63, 3.8) is 0 Å². The smallest absolute Gasteiger partial charge is 0.330 e. The molecule has 0 radical (unpaired) electrons. The molecule has 2 fully saturated rings. The molecule has 124 valence electrons. The number of hydrogen-bond acceptors (Lipinski definition) is 4. The fraction of sp³-hybridized carbons (Fsp3) is 0.500. The Balaban J connectivity index is 1.75. The van der Waals surface area contributed by atoms with E-state index in [2.05, 4.69) is 21.2 Å². The van der Waals surface area contributed by atoms with Crippen LogP contribution in [0.5, 0.6) is 5.75 Å². The molecule has 6 nitrogen and oxygen atoms in total. The third-order valence-electron chi connectivity index (χ3n) is 4.49. The van der Waals surface area contributed by atoms with Crippen molar-refractivity contribution < 1.29 is 24.2 Å². The van der Waals surface area contributed by atoms with Crippen molar-refractivity contribution in [3.05, 3.63) is 28.2 Å². The third kappa shape index (κ3) is 3.21. The van der Waals surface area contributed by atoms with Crippen molar-refractivity contribution in [2.45, 2.75) is 37.5 Å². The highest BCUT2D eigenvalue weighted by Gasteiger charge is 2.45. The summed E-state index contributed by atoms with van der Waals surface area (Å²) in [7, 11) is 1.53. The monoisotopic (exact) mass is 383 g/mol. The van der Waals surface area contributed by atoms with Crippen molar-refractivity contribution in [2.24, 2.45) is 5.92 Å². The Hall–Kier alpha value is -1.60. The van der Waals surface area contributed by atoms with E-state index in [0.717, 1.165) is 12.8 Å². The van der Waals surface area contributed by atoms with Crippen LogP contribution < -0.4 is 10.1 Å². The molecule has 4 atom stereocenters. The Morgan fingerprint density at radius 3 is 2.74 bits per heavy atom. The van der Waals surface area contributed by atoms with Crippen LogP contribution >= 0.6 is 15.9 Å². The maximum atomic E-state index is 12.4. The lowest BCUT2D eigenvalue weighted by Crippen LogP contribution is -2.40. The first-order valence-electron chi connectivity index (χ1n) is 7.51. The summed E-state index contributed by atoms with van der Waals surface area (Å²) in [5, 5.41) is 12.1. The first-order valence-corrected chi connectivity index (χ1v) is 8.31. The van der Waals surface area contributed by atoms with Crippen LogP contribution in [0.2, 0.25) is 0 Å². The summed E-state index contributed by atoms with van der Waals surface area (Å²) in [6, 6.07) is 3.86. The molecule has 2 aliphatic rings. The zero-order chi connectivity index (χ0) is 16.6. The second kappa shape index (κ2) is 6.49. The van der Waals surface area contributed by atoms with Gasteiger partial charge in [0, 0.05) is 0 Å². The molecule has 7 heteroatoms. The second-order valence-electron chi connectivity index (χ2n) is 5.89. The molecule has 1 aromatic rings. The van der Waals surface area contributed by atoms with Crippen molar-refractivity contribution >= 4 is 27.8 Å². The van der Waals surface area contributed by atoms with Crippen molar-refractivity contribution in [2.75, 3.05) is 7.11 Å². The number of carboxylic acid groups (broad SMARTS) is 1. The molecule has 2 saturated heterocycles. The van der Waals surface area contributed by atoms with Gasteiger partial charge in [-0.1, -0.05) is 6.07 Å². The lowest BCUT2D eigenvalue weighted by atomic mass is 9.88. The number of halogens is 1. The van der Waals surface area contributed by atoms with Crippen LogP contribution in [-0.4, -0.2) is 36.3 Å². The van der Waals surface area contributed by atoms with Crippen molar-refractivity contribution in [1.29, 1.82) is 0 Å². The molecule has 2 aliphatic heterocycles. The molecule has 23 heavy (non-hydrogen) atoms. The largest absolute Gasteiger partial charge is 0.496 e. The number of carboxylic acids is 1. The van der Waals surface area contributed by atoms with E-state index in [0.29, 0.717) is 22.2 Å². The average Bonchev–Trinajstić information content (AvgIpc) is 3.15. The number of aliphatic carboxylic acids is 1. The Bertz CT molecular complexity index is 635. The SMILES string of the molecule is COc1ccc(C(NC(=O)C2CC3CCC2O3)C(=O)O)cc1Br.